The van der Waals surface area contributed by atoms with Crippen LogP contribution in [0.3, 0.4) is 0 Å². The average molecular weight is 240 g/mol. The van der Waals surface area contributed by atoms with Crippen LogP contribution in [0, 0.1) is 6.92 Å². The van der Waals surface area contributed by atoms with Gasteiger partial charge in [-0.1, -0.05) is 6.42 Å². The fourth-order valence-corrected chi connectivity index (χ4v) is 2.47. The third-order valence-corrected chi connectivity index (χ3v) is 3.47. The van der Waals surface area contributed by atoms with Crippen molar-refractivity contribution in [3.05, 3.63) is 28.6 Å². The van der Waals surface area contributed by atoms with Crippen molar-refractivity contribution < 1.29 is 9.90 Å². The van der Waals surface area contributed by atoms with Crippen molar-refractivity contribution in [1.29, 1.82) is 0 Å². The number of aromatic nitrogens is 1. The molecule has 1 aromatic rings. The van der Waals surface area contributed by atoms with Gasteiger partial charge in [0.2, 0.25) is 0 Å². The van der Waals surface area contributed by atoms with E-state index in [9.17, 15) is 4.79 Å². The van der Waals surface area contributed by atoms with Crippen LogP contribution < -0.4 is 0 Å². The van der Waals surface area contributed by atoms with E-state index in [2.05, 4.69) is 4.98 Å². The highest BCUT2D eigenvalue weighted by atomic mass is 35.5. The topological polar surface area (TPSA) is 50.2 Å². The molecule has 0 radical (unpaired) electrons. The summed E-state index contributed by atoms with van der Waals surface area (Å²) >= 11 is 6.25. The molecule has 1 N–H and O–H groups in total. The van der Waals surface area contributed by atoms with E-state index in [0.29, 0.717) is 5.69 Å². The number of pyridine rings is 1. The lowest BCUT2D eigenvalue weighted by Crippen LogP contribution is -2.07. The van der Waals surface area contributed by atoms with Crippen molar-refractivity contribution in [2.24, 2.45) is 0 Å². The Labute approximate surface area is 99.5 Å². The van der Waals surface area contributed by atoms with E-state index >= 15 is 0 Å². The van der Waals surface area contributed by atoms with Gasteiger partial charge in [0.25, 0.3) is 0 Å². The third-order valence-electron chi connectivity index (χ3n) is 3.01. The monoisotopic (exact) mass is 239 g/mol. The minimum absolute atomic E-state index is 0.0938. The van der Waals surface area contributed by atoms with E-state index in [1.54, 1.807) is 13.0 Å². The van der Waals surface area contributed by atoms with Gasteiger partial charge >= 0.3 is 5.97 Å². The van der Waals surface area contributed by atoms with E-state index in [1.165, 1.54) is 0 Å². The first kappa shape index (κ1) is 11.4. The molecule has 3 nitrogen and oxygen atoms in total. The van der Waals surface area contributed by atoms with Gasteiger partial charge < -0.3 is 5.11 Å². The Morgan fingerprint density at radius 2 is 2.31 bits per heavy atom. The molecular formula is C12H14ClNO2. The van der Waals surface area contributed by atoms with Crippen molar-refractivity contribution in [3.63, 3.8) is 0 Å². The van der Waals surface area contributed by atoms with Gasteiger partial charge in [0.15, 0.2) is 0 Å². The summed E-state index contributed by atoms with van der Waals surface area (Å²) in [4.78, 5) is 15.4. The SMILES string of the molecule is Cc1nc2c(cc1C(=O)O)C(Cl)CCCC2. The van der Waals surface area contributed by atoms with Crippen LogP contribution in [0.1, 0.15) is 51.9 Å². The maximum Gasteiger partial charge on any atom is 0.337 e. The summed E-state index contributed by atoms with van der Waals surface area (Å²) in [5.74, 6) is -0.930. The number of halogens is 1. The number of carboxylic acid groups (broad SMARTS) is 1. The van der Waals surface area contributed by atoms with Gasteiger partial charge in [-0.2, -0.15) is 0 Å². The van der Waals surface area contributed by atoms with Crippen LogP contribution in [0.5, 0.6) is 0 Å². The second kappa shape index (κ2) is 4.42. The number of rotatable bonds is 1. The van der Waals surface area contributed by atoms with E-state index in [1.807, 2.05) is 0 Å². The largest absolute Gasteiger partial charge is 0.478 e. The van der Waals surface area contributed by atoms with Crippen molar-refractivity contribution in [3.8, 4) is 0 Å². The summed E-state index contributed by atoms with van der Waals surface area (Å²) < 4.78 is 0. The van der Waals surface area contributed by atoms with Crippen LogP contribution in [0.25, 0.3) is 0 Å². The van der Waals surface area contributed by atoms with Gasteiger partial charge in [0, 0.05) is 5.69 Å². The second-order valence-corrected chi connectivity index (χ2v) is 4.70. The average Bonchev–Trinajstić information content (AvgIpc) is 2.39. The molecule has 1 aliphatic rings. The molecule has 0 spiro atoms. The number of fused-ring (bicyclic) bond motifs is 1. The Kier molecular flexibility index (Phi) is 3.15. The molecule has 0 saturated heterocycles. The molecule has 1 aromatic heterocycles. The number of aryl methyl sites for hydroxylation is 2. The van der Waals surface area contributed by atoms with Crippen molar-refractivity contribution in [1.82, 2.24) is 4.98 Å². The minimum Gasteiger partial charge on any atom is -0.478 e. The molecule has 16 heavy (non-hydrogen) atoms. The number of aromatic carboxylic acids is 1. The van der Waals surface area contributed by atoms with Crippen molar-refractivity contribution in [2.45, 2.75) is 38.0 Å². The van der Waals surface area contributed by atoms with E-state index < -0.39 is 5.97 Å². The smallest absolute Gasteiger partial charge is 0.337 e. The predicted octanol–water partition coefficient (Wildman–Crippen LogP) is 3.09. The molecule has 0 fully saturated rings. The number of hydrogen-bond acceptors (Lipinski definition) is 2. The highest BCUT2D eigenvalue weighted by Gasteiger charge is 2.21. The van der Waals surface area contributed by atoms with Crippen LogP contribution in [-0.4, -0.2) is 16.1 Å². The molecule has 1 aliphatic carbocycles. The third kappa shape index (κ3) is 2.05. The molecule has 0 saturated carbocycles. The summed E-state index contributed by atoms with van der Waals surface area (Å²) in [6.07, 6.45) is 3.96. The summed E-state index contributed by atoms with van der Waals surface area (Å²) in [5, 5.41) is 8.95. The molecular weight excluding hydrogens is 226 g/mol. The minimum atomic E-state index is -0.930. The molecule has 1 heterocycles. The Hall–Kier alpha value is -1.09. The highest BCUT2D eigenvalue weighted by molar-refractivity contribution is 6.21. The Bertz CT molecular complexity index is 431. The summed E-state index contributed by atoms with van der Waals surface area (Å²) in [6, 6.07) is 1.70. The first-order valence-corrected chi connectivity index (χ1v) is 5.91. The second-order valence-electron chi connectivity index (χ2n) is 4.18. The first-order valence-electron chi connectivity index (χ1n) is 5.47. The number of hydrogen-bond donors (Lipinski definition) is 1. The lowest BCUT2D eigenvalue weighted by Gasteiger charge is -2.12. The van der Waals surface area contributed by atoms with Gasteiger partial charge in [0.1, 0.15) is 0 Å². The molecule has 86 valence electrons. The standard InChI is InChI=1S/C12H14ClNO2/c1-7-8(12(15)16)6-9-10(13)4-2-3-5-11(9)14-7/h6,10H,2-5H2,1H3,(H,15,16). The summed E-state index contributed by atoms with van der Waals surface area (Å²) in [7, 11) is 0. The molecule has 0 bridgehead atoms. The van der Waals surface area contributed by atoms with E-state index in [0.717, 1.165) is 36.9 Å². The van der Waals surface area contributed by atoms with Crippen LogP contribution >= 0.6 is 11.6 Å². The zero-order valence-corrected chi connectivity index (χ0v) is 9.92. The highest BCUT2D eigenvalue weighted by Crippen LogP contribution is 2.33. The van der Waals surface area contributed by atoms with Crippen LogP contribution in [0.2, 0.25) is 0 Å². The van der Waals surface area contributed by atoms with Gasteiger partial charge in [-0.25, -0.2) is 4.79 Å². The summed E-state index contributed by atoms with van der Waals surface area (Å²) in [6.45, 7) is 1.73. The number of carboxylic acids is 1. The number of carbonyl (C=O) groups is 1. The molecule has 1 atom stereocenters. The quantitative estimate of drug-likeness (QED) is 0.605. The molecule has 0 aliphatic heterocycles. The lowest BCUT2D eigenvalue weighted by molar-refractivity contribution is 0.0695. The number of nitrogens with zero attached hydrogens (tertiary/aromatic N) is 1. The fraction of sp³-hybridized carbons (Fsp3) is 0.500. The van der Waals surface area contributed by atoms with Crippen LogP contribution in [-0.2, 0) is 6.42 Å². The van der Waals surface area contributed by atoms with Gasteiger partial charge in [0.05, 0.1) is 16.6 Å². The van der Waals surface area contributed by atoms with Crippen molar-refractivity contribution >= 4 is 17.6 Å². The lowest BCUT2D eigenvalue weighted by atomic mass is 10.0. The molecule has 4 heteroatoms. The summed E-state index contributed by atoms with van der Waals surface area (Å²) in [5.41, 5.74) is 2.73. The Morgan fingerprint density at radius 1 is 1.56 bits per heavy atom. The molecule has 1 unspecified atom stereocenters. The van der Waals surface area contributed by atoms with Gasteiger partial charge in [-0.3, -0.25) is 4.98 Å². The van der Waals surface area contributed by atoms with Gasteiger partial charge in [-0.05, 0) is 37.8 Å². The maximum absolute atomic E-state index is 11.0. The first-order chi connectivity index (χ1) is 7.59. The molecule has 0 amide bonds. The van der Waals surface area contributed by atoms with Crippen LogP contribution in [0.4, 0.5) is 0 Å². The van der Waals surface area contributed by atoms with Gasteiger partial charge in [-0.15, -0.1) is 11.6 Å². The fourth-order valence-electron chi connectivity index (χ4n) is 2.13. The van der Waals surface area contributed by atoms with E-state index in [-0.39, 0.29) is 10.9 Å². The van der Waals surface area contributed by atoms with Crippen molar-refractivity contribution in [2.75, 3.05) is 0 Å². The Balaban J connectivity index is 2.53. The van der Waals surface area contributed by atoms with Crippen LogP contribution in [0.15, 0.2) is 6.07 Å². The predicted molar refractivity (Wildman–Crippen MR) is 62.1 cm³/mol. The zero-order chi connectivity index (χ0) is 11.7. The van der Waals surface area contributed by atoms with E-state index in [4.69, 9.17) is 16.7 Å². The zero-order valence-electron chi connectivity index (χ0n) is 9.16. The molecule has 0 aromatic carbocycles. The number of alkyl halides is 1. The normalized spacial score (nSPS) is 20.0. The maximum atomic E-state index is 11.0. The molecule has 2 rings (SSSR count). The Morgan fingerprint density at radius 3 is 3.00 bits per heavy atom.